The van der Waals surface area contributed by atoms with Gasteiger partial charge < -0.3 is 14.4 Å². The number of aryl methyl sites for hydroxylation is 1. The van der Waals surface area contributed by atoms with Gasteiger partial charge in [0, 0.05) is 24.3 Å². The van der Waals surface area contributed by atoms with E-state index >= 15 is 0 Å². The standard InChI is InChI=1S/C15H21N3O3/c1-20-14(19)8-11-9-18(6-7-21-11)15-12-4-2-3-5-13(12)16-10-17-15/h10-11H,2-9H2,1H3. The summed E-state index contributed by atoms with van der Waals surface area (Å²) in [5, 5.41) is 0. The van der Waals surface area contributed by atoms with Crippen LogP contribution >= 0.6 is 0 Å². The predicted molar refractivity (Wildman–Crippen MR) is 77.3 cm³/mol. The van der Waals surface area contributed by atoms with E-state index < -0.39 is 0 Å². The summed E-state index contributed by atoms with van der Waals surface area (Å²) < 4.78 is 10.4. The molecule has 0 saturated carbocycles. The van der Waals surface area contributed by atoms with Crippen molar-refractivity contribution in [2.45, 2.75) is 38.2 Å². The molecule has 6 nitrogen and oxygen atoms in total. The number of hydrogen-bond acceptors (Lipinski definition) is 6. The first-order valence-corrected chi connectivity index (χ1v) is 7.54. The lowest BCUT2D eigenvalue weighted by atomic mass is 9.96. The molecule has 2 aliphatic rings. The molecule has 1 fully saturated rings. The van der Waals surface area contributed by atoms with Gasteiger partial charge in [0.2, 0.25) is 0 Å². The molecular formula is C15H21N3O3. The molecular weight excluding hydrogens is 270 g/mol. The molecule has 1 unspecified atom stereocenters. The fourth-order valence-corrected chi connectivity index (χ4v) is 3.08. The van der Waals surface area contributed by atoms with Crippen LogP contribution in [-0.4, -0.2) is 48.8 Å². The Bertz CT molecular complexity index is 521. The third-order valence-electron chi connectivity index (χ3n) is 4.16. The minimum absolute atomic E-state index is 0.125. The molecule has 0 N–H and O–H groups in total. The van der Waals surface area contributed by atoms with Gasteiger partial charge in [-0.2, -0.15) is 0 Å². The quantitative estimate of drug-likeness (QED) is 0.778. The summed E-state index contributed by atoms with van der Waals surface area (Å²) in [6, 6.07) is 0. The van der Waals surface area contributed by atoms with Gasteiger partial charge in [0.1, 0.15) is 12.1 Å². The van der Waals surface area contributed by atoms with Gasteiger partial charge in [-0.3, -0.25) is 4.79 Å². The minimum Gasteiger partial charge on any atom is -0.469 e. The molecule has 0 aromatic carbocycles. The van der Waals surface area contributed by atoms with Crippen LogP contribution in [0, 0.1) is 0 Å². The number of carbonyl (C=O) groups is 1. The smallest absolute Gasteiger partial charge is 0.308 e. The van der Waals surface area contributed by atoms with Crippen molar-refractivity contribution >= 4 is 11.8 Å². The summed E-state index contributed by atoms with van der Waals surface area (Å²) in [5.74, 6) is 0.796. The molecule has 6 heteroatoms. The van der Waals surface area contributed by atoms with Crippen LogP contribution in [0.25, 0.3) is 0 Å². The average molecular weight is 291 g/mol. The molecule has 0 radical (unpaired) electrons. The molecule has 114 valence electrons. The SMILES string of the molecule is COC(=O)CC1CN(c2ncnc3c2CCCC3)CCO1. The molecule has 1 aromatic rings. The highest BCUT2D eigenvalue weighted by atomic mass is 16.5. The fourth-order valence-electron chi connectivity index (χ4n) is 3.08. The van der Waals surface area contributed by atoms with Crippen LogP contribution in [0.5, 0.6) is 0 Å². The summed E-state index contributed by atoms with van der Waals surface area (Å²) >= 11 is 0. The van der Waals surface area contributed by atoms with Crippen LogP contribution in [0.15, 0.2) is 6.33 Å². The Labute approximate surface area is 124 Å². The third kappa shape index (κ3) is 3.15. The second-order valence-electron chi connectivity index (χ2n) is 5.55. The van der Waals surface area contributed by atoms with E-state index in [-0.39, 0.29) is 12.1 Å². The highest BCUT2D eigenvalue weighted by Crippen LogP contribution is 2.28. The number of carbonyl (C=O) groups excluding carboxylic acids is 1. The Morgan fingerprint density at radius 3 is 3.14 bits per heavy atom. The van der Waals surface area contributed by atoms with E-state index in [1.54, 1.807) is 6.33 Å². The lowest BCUT2D eigenvalue weighted by Crippen LogP contribution is -2.44. The molecule has 0 bridgehead atoms. The highest BCUT2D eigenvalue weighted by molar-refractivity contribution is 5.70. The van der Waals surface area contributed by atoms with Gasteiger partial charge in [0.15, 0.2) is 0 Å². The molecule has 0 spiro atoms. The van der Waals surface area contributed by atoms with Crippen molar-refractivity contribution in [3.05, 3.63) is 17.6 Å². The van der Waals surface area contributed by atoms with Crippen molar-refractivity contribution in [3.63, 3.8) is 0 Å². The number of hydrogen-bond donors (Lipinski definition) is 0. The molecule has 21 heavy (non-hydrogen) atoms. The van der Waals surface area contributed by atoms with Gasteiger partial charge in [0.25, 0.3) is 0 Å². The maximum absolute atomic E-state index is 11.4. The normalized spacial score (nSPS) is 21.8. The van der Waals surface area contributed by atoms with E-state index in [0.717, 1.165) is 25.2 Å². The van der Waals surface area contributed by atoms with Gasteiger partial charge in [-0.25, -0.2) is 9.97 Å². The number of aromatic nitrogens is 2. The molecule has 2 heterocycles. The van der Waals surface area contributed by atoms with Crippen LogP contribution in [0.4, 0.5) is 5.82 Å². The van der Waals surface area contributed by atoms with Crippen LogP contribution in [0.2, 0.25) is 0 Å². The fraction of sp³-hybridized carbons (Fsp3) is 0.667. The number of ether oxygens (including phenoxy) is 2. The van der Waals surface area contributed by atoms with Crippen molar-refractivity contribution in [3.8, 4) is 0 Å². The Kier molecular flexibility index (Phi) is 4.34. The zero-order valence-corrected chi connectivity index (χ0v) is 12.4. The Morgan fingerprint density at radius 1 is 1.43 bits per heavy atom. The Hall–Kier alpha value is -1.69. The number of esters is 1. The van der Waals surface area contributed by atoms with Crippen LogP contribution in [0.3, 0.4) is 0 Å². The summed E-state index contributed by atoms with van der Waals surface area (Å²) in [6.45, 7) is 2.10. The molecule has 1 atom stereocenters. The Morgan fingerprint density at radius 2 is 2.29 bits per heavy atom. The zero-order valence-electron chi connectivity index (χ0n) is 12.4. The highest BCUT2D eigenvalue weighted by Gasteiger charge is 2.27. The van der Waals surface area contributed by atoms with E-state index in [1.165, 1.54) is 31.2 Å². The average Bonchev–Trinajstić information content (AvgIpc) is 2.54. The Balaban J connectivity index is 1.76. The monoisotopic (exact) mass is 291 g/mol. The van der Waals surface area contributed by atoms with Gasteiger partial charge in [-0.05, 0) is 25.7 Å². The lowest BCUT2D eigenvalue weighted by molar-refractivity contribution is -0.144. The molecule has 0 amide bonds. The minimum atomic E-state index is -0.230. The topological polar surface area (TPSA) is 64.5 Å². The van der Waals surface area contributed by atoms with Crippen molar-refractivity contribution in [1.82, 2.24) is 9.97 Å². The number of fused-ring (bicyclic) bond motifs is 1. The van der Waals surface area contributed by atoms with E-state index in [4.69, 9.17) is 9.47 Å². The van der Waals surface area contributed by atoms with Crippen molar-refractivity contribution in [2.24, 2.45) is 0 Å². The maximum atomic E-state index is 11.4. The molecule has 1 saturated heterocycles. The molecule has 1 aromatic heterocycles. The number of morpholine rings is 1. The third-order valence-corrected chi connectivity index (χ3v) is 4.16. The molecule has 1 aliphatic heterocycles. The zero-order chi connectivity index (χ0) is 14.7. The largest absolute Gasteiger partial charge is 0.469 e. The van der Waals surface area contributed by atoms with E-state index in [0.29, 0.717) is 19.6 Å². The molecule has 1 aliphatic carbocycles. The van der Waals surface area contributed by atoms with Crippen molar-refractivity contribution < 1.29 is 14.3 Å². The van der Waals surface area contributed by atoms with Gasteiger partial charge in [-0.1, -0.05) is 0 Å². The summed E-state index contributed by atoms with van der Waals surface area (Å²) in [7, 11) is 1.41. The second kappa shape index (κ2) is 6.39. The van der Waals surface area contributed by atoms with Gasteiger partial charge in [-0.15, -0.1) is 0 Å². The van der Waals surface area contributed by atoms with E-state index in [9.17, 15) is 4.79 Å². The van der Waals surface area contributed by atoms with Crippen LogP contribution < -0.4 is 4.90 Å². The van der Waals surface area contributed by atoms with Crippen LogP contribution in [0.1, 0.15) is 30.5 Å². The maximum Gasteiger partial charge on any atom is 0.308 e. The summed E-state index contributed by atoms with van der Waals surface area (Å²) in [5.41, 5.74) is 2.46. The number of methoxy groups -OCH3 is 1. The van der Waals surface area contributed by atoms with Crippen molar-refractivity contribution in [1.29, 1.82) is 0 Å². The first-order chi connectivity index (χ1) is 10.3. The number of anilines is 1. The van der Waals surface area contributed by atoms with E-state index in [1.807, 2.05) is 0 Å². The van der Waals surface area contributed by atoms with Gasteiger partial charge >= 0.3 is 5.97 Å². The number of rotatable bonds is 3. The first-order valence-electron chi connectivity index (χ1n) is 7.54. The van der Waals surface area contributed by atoms with Crippen molar-refractivity contribution in [2.75, 3.05) is 31.7 Å². The lowest BCUT2D eigenvalue weighted by Gasteiger charge is -2.35. The first kappa shape index (κ1) is 14.3. The predicted octanol–water partition coefficient (Wildman–Crippen LogP) is 1.12. The second-order valence-corrected chi connectivity index (χ2v) is 5.55. The summed E-state index contributed by atoms with van der Waals surface area (Å²) in [4.78, 5) is 22.5. The van der Waals surface area contributed by atoms with E-state index in [2.05, 4.69) is 14.9 Å². The van der Waals surface area contributed by atoms with Gasteiger partial charge in [0.05, 0.1) is 26.2 Å². The summed E-state index contributed by atoms with van der Waals surface area (Å²) in [6.07, 6.45) is 6.32. The van der Waals surface area contributed by atoms with Crippen LogP contribution in [-0.2, 0) is 27.1 Å². The number of nitrogens with zero attached hydrogens (tertiary/aromatic N) is 3. The molecule has 3 rings (SSSR count).